The normalized spacial score (nSPS) is 12.8. The minimum absolute atomic E-state index is 0.115. The summed E-state index contributed by atoms with van der Waals surface area (Å²) in [7, 11) is 0. The first kappa shape index (κ1) is 17.0. The van der Waals surface area contributed by atoms with Crippen molar-refractivity contribution in [2.24, 2.45) is 0 Å². The molecule has 0 aromatic carbocycles. The number of ether oxygens (including phenoxy) is 1. The van der Waals surface area contributed by atoms with Crippen molar-refractivity contribution in [2.45, 2.75) is 58.7 Å². The Morgan fingerprint density at radius 2 is 2.14 bits per heavy atom. The van der Waals surface area contributed by atoms with Gasteiger partial charge in [-0.1, -0.05) is 6.92 Å². The zero-order chi connectivity index (χ0) is 16.0. The zero-order valence-electron chi connectivity index (χ0n) is 12.9. The van der Waals surface area contributed by atoms with Gasteiger partial charge >= 0.3 is 12.1 Å². The molecule has 0 saturated heterocycles. The molecule has 0 fully saturated rings. The molecule has 118 valence electrons. The van der Waals surface area contributed by atoms with E-state index in [1.807, 2.05) is 6.92 Å². The van der Waals surface area contributed by atoms with Gasteiger partial charge in [-0.2, -0.15) is 0 Å². The highest BCUT2D eigenvalue weighted by atomic mass is 16.6. The van der Waals surface area contributed by atoms with Gasteiger partial charge in [0.2, 0.25) is 0 Å². The van der Waals surface area contributed by atoms with Crippen LogP contribution in [-0.2, 0) is 22.5 Å². The standard InChI is InChI=1S/C14H23N3O4/c1-5-6-11-15-7-8-17(11)9-10(12(18)19)16-13(20)21-14(2,3)4/h7-8,10H,5-6,9H2,1-4H3,(H,16,20)(H,18,19). The fourth-order valence-electron chi connectivity index (χ4n) is 1.79. The van der Waals surface area contributed by atoms with Crippen LogP contribution in [0.4, 0.5) is 4.79 Å². The first-order valence-electron chi connectivity index (χ1n) is 6.95. The summed E-state index contributed by atoms with van der Waals surface area (Å²) in [6, 6.07) is -1.07. The lowest BCUT2D eigenvalue weighted by atomic mass is 10.2. The van der Waals surface area contributed by atoms with Crippen molar-refractivity contribution >= 4 is 12.1 Å². The molecule has 2 N–H and O–H groups in total. The lowest BCUT2D eigenvalue weighted by molar-refractivity contribution is -0.139. The molecule has 7 nitrogen and oxygen atoms in total. The van der Waals surface area contributed by atoms with Gasteiger partial charge in [0.1, 0.15) is 17.5 Å². The monoisotopic (exact) mass is 297 g/mol. The molecule has 0 spiro atoms. The van der Waals surface area contributed by atoms with Gasteiger partial charge in [-0.15, -0.1) is 0 Å². The quantitative estimate of drug-likeness (QED) is 0.835. The van der Waals surface area contributed by atoms with Gasteiger partial charge in [-0.05, 0) is 27.2 Å². The summed E-state index contributed by atoms with van der Waals surface area (Å²) >= 11 is 0. The van der Waals surface area contributed by atoms with Gasteiger partial charge in [-0.25, -0.2) is 14.6 Å². The Morgan fingerprint density at radius 1 is 1.48 bits per heavy atom. The maximum Gasteiger partial charge on any atom is 0.408 e. The Hall–Kier alpha value is -2.05. The number of aryl methyl sites for hydroxylation is 1. The highest BCUT2D eigenvalue weighted by Crippen LogP contribution is 2.08. The average molecular weight is 297 g/mol. The summed E-state index contributed by atoms with van der Waals surface area (Å²) in [5.74, 6) is -0.313. The van der Waals surface area contributed by atoms with Crippen molar-refractivity contribution in [3.05, 3.63) is 18.2 Å². The van der Waals surface area contributed by atoms with Crippen LogP contribution in [0.25, 0.3) is 0 Å². The van der Waals surface area contributed by atoms with Crippen LogP contribution in [0.2, 0.25) is 0 Å². The molecular weight excluding hydrogens is 274 g/mol. The molecule has 1 unspecified atom stereocenters. The van der Waals surface area contributed by atoms with Crippen LogP contribution in [0.1, 0.15) is 39.9 Å². The van der Waals surface area contributed by atoms with E-state index in [1.165, 1.54) is 0 Å². The van der Waals surface area contributed by atoms with Crippen molar-refractivity contribution in [2.75, 3.05) is 0 Å². The van der Waals surface area contributed by atoms with Crippen molar-refractivity contribution in [1.82, 2.24) is 14.9 Å². The second-order valence-electron chi connectivity index (χ2n) is 5.78. The van der Waals surface area contributed by atoms with Crippen LogP contribution in [0.5, 0.6) is 0 Å². The third kappa shape index (κ3) is 5.85. The molecule has 0 saturated carbocycles. The number of alkyl carbamates (subject to hydrolysis) is 1. The van der Waals surface area contributed by atoms with Crippen LogP contribution in [0, 0.1) is 0 Å². The van der Waals surface area contributed by atoms with Crippen LogP contribution >= 0.6 is 0 Å². The molecule has 1 heterocycles. The Labute approximate surface area is 124 Å². The molecule has 1 atom stereocenters. The predicted octanol–water partition coefficient (Wildman–Crippen LogP) is 1.81. The fourth-order valence-corrected chi connectivity index (χ4v) is 1.79. The molecular formula is C14H23N3O4. The Balaban J connectivity index is 2.72. The molecule has 1 aromatic rings. The van der Waals surface area contributed by atoms with Crippen LogP contribution in [-0.4, -0.2) is 38.4 Å². The number of hydrogen-bond donors (Lipinski definition) is 2. The minimum Gasteiger partial charge on any atom is -0.480 e. The summed E-state index contributed by atoms with van der Waals surface area (Å²) < 4.78 is 6.81. The number of hydrogen-bond acceptors (Lipinski definition) is 4. The van der Waals surface area contributed by atoms with Gasteiger partial charge in [0, 0.05) is 18.8 Å². The lowest BCUT2D eigenvalue weighted by Crippen LogP contribution is -2.45. The van der Waals surface area contributed by atoms with Crippen molar-refractivity contribution < 1.29 is 19.4 Å². The lowest BCUT2D eigenvalue weighted by Gasteiger charge is -2.22. The average Bonchev–Trinajstić information content (AvgIpc) is 2.73. The second kappa shape index (κ2) is 7.10. The van der Waals surface area contributed by atoms with Gasteiger partial charge in [0.05, 0.1) is 6.54 Å². The van der Waals surface area contributed by atoms with Crippen LogP contribution < -0.4 is 5.32 Å². The van der Waals surface area contributed by atoms with Crippen LogP contribution in [0.3, 0.4) is 0 Å². The molecule has 0 bridgehead atoms. The van der Waals surface area contributed by atoms with E-state index in [9.17, 15) is 14.7 Å². The number of nitrogens with one attached hydrogen (secondary N) is 1. The summed E-state index contributed by atoms with van der Waals surface area (Å²) in [6.07, 6.45) is 4.25. The van der Waals surface area contributed by atoms with E-state index in [4.69, 9.17) is 4.74 Å². The molecule has 0 aliphatic heterocycles. The minimum atomic E-state index is -1.11. The van der Waals surface area contributed by atoms with E-state index >= 15 is 0 Å². The van der Waals surface area contributed by atoms with Gasteiger partial charge < -0.3 is 19.7 Å². The summed E-state index contributed by atoms with van der Waals surface area (Å²) in [5, 5.41) is 11.6. The number of rotatable bonds is 6. The van der Waals surface area contributed by atoms with Crippen molar-refractivity contribution in [1.29, 1.82) is 0 Å². The molecule has 7 heteroatoms. The number of carbonyl (C=O) groups is 2. The number of carboxylic acid groups (broad SMARTS) is 1. The Bertz CT molecular complexity index is 491. The highest BCUT2D eigenvalue weighted by Gasteiger charge is 2.24. The van der Waals surface area contributed by atoms with Crippen LogP contribution in [0.15, 0.2) is 12.4 Å². The number of imidazole rings is 1. The number of aromatic nitrogens is 2. The SMILES string of the molecule is CCCc1nccn1CC(NC(=O)OC(C)(C)C)C(=O)O. The molecule has 0 aliphatic carbocycles. The van der Waals surface area contributed by atoms with E-state index in [0.29, 0.717) is 0 Å². The number of nitrogens with zero attached hydrogens (tertiary/aromatic N) is 2. The number of amides is 1. The first-order chi connectivity index (χ1) is 9.73. The first-order valence-corrected chi connectivity index (χ1v) is 6.95. The van der Waals surface area contributed by atoms with E-state index in [2.05, 4.69) is 10.3 Å². The molecule has 1 aromatic heterocycles. The smallest absolute Gasteiger partial charge is 0.408 e. The Kier molecular flexibility index (Phi) is 5.75. The molecule has 0 radical (unpaired) electrons. The maximum absolute atomic E-state index is 11.7. The Morgan fingerprint density at radius 3 is 2.67 bits per heavy atom. The van der Waals surface area contributed by atoms with E-state index in [1.54, 1.807) is 37.7 Å². The van der Waals surface area contributed by atoms with Gasteiger partial charge in [-0.3, -0.25) is 0 Å². The highest BCUT2D eigenvalue weighted by molar-refractivity contribution is 5.79. The topological polar surface area (TPSA) is 93.5 Å². The second-order valence-corrected chi connectivity index (χ2v) is 5.78. The van der Waals surface area contributed by atoms with E-state index < -0.39 is 23.7 Å². The van der Waals surface area contributed by atoms with Crippen molar-refractivity contribution in [3.8, 4) is 0 Å². The molecule has 1 amide bonds. The maximum atomic E-state index is 11.7. The summed E-state index contributed by atoms with van der Waals surface area (Å²) in [4.78, 5) is 27.2. The van der Waals surface area contributed by atoms with E-state index in [0.717, 1.165) is 18.7 Å². The number of carbonyl (C=O) groups excluding carboxylic acids is 1. The van der Waals surface area contributed by atoms with E-state index in [-0.39, 0.29) is 6.54 Å². The fraction of sp³-hybridized carbons (Fsp3) is 0.643. The predicted molar refractivity (Wildman–Crippen MR) is 77.0 cm³/mol. The largest absolute Gasteiger partial charge is 0.480 e. The summed E-state index contributed by atoms with van der Waals surface area (Å²) in [5.41, 5.74) is -0.671. The molecule has 21 heavy (non-hydrogen) atoms. The zero-order valence-corrected chi connectivity index (χ0v) is 12.9. The summed E-state index contributed by atoms with van der Waals surface area (Å²) in [6.45, 7) is 7.29. The molecule has 1 rings (SSSR count). The third-order valence-electron chi connectivity index (χ3n) is 2.64. The van der Waals surface area contributed by atoms with Crippen molar-refractivity contribution in [3.63, 3.8) is 0 Å². The third-order valence-corrected chi connectivity index (χ3v) is 2.64. The number of aliphatic carboxylic acids is 1. The van der Waals surface area contributed by atoms with Gasteiger partial charge in [0.15, 0.2) is 0 Å². The molecule has 0 aliphatic rings. The van der Waals surface area contributed by atoms with Gasteiger partial charge in [0.25, 0.3) is 0 Å². The number of carboxylic acids is 1.